The van der Waals surface area contributed by atoms with Gasteiger partial charge in [0.05, 0.1) is 11.9 Å². The SMILES string of the molecule is Cc1[nH]ncc1S(=O)(=O)Nc1ncccn1. The maximum Gasteiger partial charge on any atom is 0.267 e. The Kier molecular flexibility index (Phi) is 2.57. The van der Waals surface area contributed by atoms with E-state index in [1.54, 1.807) is 13.0 Å². The predicted octanol–water partition coefficient (Wildman–Crippen LogP) is 0.309. The lowest BCUT2D eigenvalue weighted by atomic mass is 10.5. The molecule has 2 rings (SSSR count). The van der Waals surface area contributed by atoms with Gasteiger partial charge in [0.2, 0.25) is 5.95 Å². The van der Waals surface area contributed by atoms with Gasteiger partial charge in [-0.25, -0.2) is 23.1 Å². The summed E-state index contributed by atoms with van der Waals surface area (Å²) < 4.78 is 25.9. The van der Waals surface area contributed by atoms with E-state index in [-0.39, 0.29) is 10.8 Å². The van der Waals surface area contributed by atoms with Gasteiger partial charge in [0.25, 0.3) is 10.0 Å². The molecule has 8 heteroatoms. The van der Waals surface area contributed by atoms with E-state index in [4.69, 9.17) is 0 Å². The molecule has 0 aliphatic rings. The van der Waals surface area contributed by atoms with Gasteiger partial charge in [-0.1, -0.05) is 0 Å². The van der Waals surface area contributed by atoms with E-state index in [0.717, 1.165) is 0 Å². The maximum absolute atomic E-state index is 11.8. The average molecular weight is 239 g/mol. The number of hydrogen-bond donors (Lipinski definition) is 2. The highest BCUT2D eigenvalue weighted by Crippen LogP contribution is 2.13. The second-order valence-corrected chi connectivity index (χ2v) is 4.69. The molecule has 0 saturated heterocycles. The van der Waals surface area contributed by atoms with Crippen molar-refractivity contribution in [1.82, 2.24) is 20.2 Å². The standard InChI is InChI=1S/C8H9N5O2S/c1-6-7(5-11-12-6)16(14,15)13-8-9-3-2-4-10-8/h2-5H,1H3,(H,11,12)(H,9,10,13). The van der Waals surface area contributed by atoms with E-state index >= 15 is 0 Å². The number of hydrogen-bond acceptors (Lipinski definition) is 5. The Labute approximate surface area is 92.0 Å². The third-order valence-corrected chi connectivity index (χ3v) is 3.31. The first-order chi connectivity index (χ1) is 7.59. The number of H-pyrrole nitrogens is 1. The quantitative estimate of drug-likeness (QED) is 0.802. The highest BCUT2D eigenvalue weighted by atomic mass is 32.2. The highest BCUT2D eigenvalue weighted by molar-refractivity contribution is 7.92. The number of aryl methyl sites for hydroxylation is 1. The van der Waals surface area contributed by atoms with Crippen molar-refractivity contribution in [2.24, 2.45) is 0 Å². The van der Waals surface area contributed by atoms with Crippen molar-refractivity contribution < 1.29 is 8.42 Å². The van der Waals surface area contributed by atoms with Crippen molar-refractivity contribution in [3.63, 3.8) is 0 Å². The zero-order chi connectivity index (χ0) is 11.6. The summed E-state index contributed by atoms with van der Waals surface area (Å²) in [5.41, 5.74) is 0.462. The molecule has 0 unspecified atom stereocenters. The van der Waals surface area contributed by atoms with Crippen LogP contribution in [0.4, 0.5) is 5.95 Å². The number of rotatable bonds is 3. The molecule has 2 aromatic heterocycles. The first-order valence-corrected chi connectivity index (χ1v) is 5.88. The topological polar surface area (TPSA) is 101 Å². The summed E-state index contributed by atoms with van der Waals surface area (Å²) in [6.45, 7) is 1.62. The van der Waals surface area contributed by atoms with Crippen molar-refractivity contribution in [2.75, 3.05) is 4.72 Å². The molecule has 0 spiro atoms. The van der Waals surface area contributed by atoms with Crippen LogP contribution in [0.15, 0.2) is 29.6 Å². The van der Waals surface area contributed by atoms with Gasteiger partial charge < -0.3 is 0 Å². The van der Waals surface area contributed by atoms with Crippen LogP contribution in [-0.4, -0.2) is 28.6 Å². The second kappa shape index (κ2) is 3.89. The smallest absolute Gasteiger partial charge is 0.267 e. The van der Waals surface area contributed by atoms with E-state index in [1.807, 2.05) is 0 Å². The van der Waals surface area contributed by atoms with Gasteiger partial charge >= 0.3 is 0 Å². The number of nitrogens with zero attached hydrogens (tertiary/aromatic N) is 3. The summed E-state index contributed by atoms with van der Waals surface area (Å²) in [5, 5.41) is 6.20. The van der Waals surface area contributed by atoms with Crippen molar-refractivity contribution in [2.45, 2.75) is 11.8 Å². The normalized spacial score (nSPS) is 11.3. The lowest BCUT2D eigenvalue weighted by molar-refractivity contribution is 0.600. The molecule has 0 bridgehead atoms. The fourth-order valence-electron chi connectivity index (χ4n) is 1.14. The molecule has 0 saturated carbocycles. The minimum atomic E-state index is -3.67. The van der Waals surface area contributed by atoms with E-state index in [9.17, 15) is 8.42 Å². The first kappa shape index (κ1) is 10.6. The number of sulfonamides is 1. The van der Waals surface area contributed by atoms with Crippen LogP contribution in [0.5, 0.6) is 0 Å². The van der Waals surface area contributed by atoms with Gasteiger partial charge in [-0.15, -0.1) is 0 Å². The van der Waals surface area contributed by atoms with E-state index in [2.05, 4.69) is 24.9 Å². The van der Waals surface area contributed by atoms with Crippen LogP contribution in [0.25, 0.3) is 0 Å². The molecule has 0 aliphatic heterocycles. The lowest BCUT2D eigenvalue weighted by Crippen LogP contribution is -2.15. The minimum Gasteiger partial charge on any atom is -0.281 e. The molecule has 16 heavy (non-hydrogen) atoms. The molecule has 2 N–H and O–H groups in total. The van der Waals surface area contributed by atoms with Crippen LogP contribution < -0.4 is 4.72 Å². The van der Waals surface area contributed by atoms with Crippen molar-refractivity contribution in [3.8, 4) is 0 Å². The number of aromatic nitrogens is 4. The Morgan fingerprint density at radius 3 is 2.56 bits per heavy atom. The minimum absolute atomic E-state index is 0.0306. The van der Waals surface area contributed by atoms with Gasteiger partial charge in [-0.3, -0.25) is 5.10 Å². The van der Waals surface area contributed by atoms with Gasteiger partial charge in [0, 0.05) is 12.4 Å². The largest absolute Gasteiger partial charge is 0.281 e. The molecule has 0 radical (unpaired) electrons. The zero-order valence-corrected chi connectivity index (χ0v) is 9.19. The summed E-state index contributed by atoms with van der Waals surface area (Å²) in [6, 6.07) is 1.60. The van der Waals surface area contributed by atoms with Gasteiger partial charge in [-0.2, -0.15) is 5.10 Å². The molecule has 0 fully saturated rings. The Morgan fingerprint density at radius 2 is 2.00 bits per heavy atom. The molecule has 7 nitrogen and oxygen atoms in total. The summed E-state index contributed by atoms with van der Waals surface area (Å²) in [5.74, 6) is 0.0306. The summed E-state index contributed by atoms with van der Waals surface area (Å²) in [6.07, 6.45) is 4.14. The van der Waals surface area contributed by atoms with Crippen LogP contribution >= 0.6 is 0 Å². The summed E-state index contributed by atoms with van der Waals surface area (Å²) >= 11 is 0. The Morgan fingerprint density at radius 1 is 1.31 bits per heavy atom. The van der Waals surface area contributed by atoms with Gasteiger partial charge in [0.15, 0.2) is 0 Å². The van der Waals surface area contributed by atoms with Crippen molar-refractivity contribution in [1.29, 1.82) is 0 Å². The first-order valence-electron chi connectivity index (χ1n) is 4.39. The number of nitrogens with one attached hydrogen (secondary N) is 2. The molecule has 0 amide bonds. The highest BCUT2D eigenvalue weighted by Gasteiger charge is 2.19. The molecular formula is C8H9N5O2S. The monoisotopic (exact) mass is 239 g/mol. The van der Waals surface area contributed by atoms with Crippen LogP contribution in [0.1, 0.15) is 5.69 Å². The van der Waals surface area contributed by atoms with Crippen LogP contribution in [0, 0.1) is 6.92 Å². The Hall–Kier alpha value is -1.96. The fourth-order valence-corrected chi connectivity index (χ4v) is 2.23. The van der Waals surface area contributed by atoms with E-state index in [1.165, 1.54) is 18.6 Å². The zero-order valence-electron chi connectivity index (χ0n) is 8.38. The number of aromatic amines is 1. The van der Waals surface area contributed by atoms with E-state index < -0.39 is 10.0 Å². The van der Waals surface area contributed by atoms with Gasteiger partial charge in [0.1, 0.15) is 4.90 Å². The molecule has 0 aromatic carbocycles. The summed E-state index contributed by atoms with van der Waals surface area (Å²) in [7, 11) is -3.67. The Bertz CT molecular complexity index is 577. The van der Waals surface area contributed by atoms with Crippen molar-refractivity contribution >= 4 is 16.0 Å². The molecule has 84 valence electrons. The van der Waals surface area contributed by atoms with Crippen LogP contribution in [0.3, 0.4) is 0 Å². The fraction of sp³-hybridized carbons (Fsp3) is 0.125. The molecule has 0 atom stereocenters. The predicted molar refractivity (Wildman–Crippen MR) is 56.2 cm³/mol. The maximum atomic E-state index is 11.8. The third-order valence-electron chi connectivity index (χ3n) is 1.86. The lowest BCUT2D eigenvalue weighted by Gasteiger charge is -2.04. The van der Waals surface area contributed by atoms with Crippen molar-refractivity contribution in [3.05, 3.63) is 30.4 Å². The number of anilines is 1. The molecular weight excluding hydrogens is 230 g/mol. The molecule has 2 heterocycles. The molecule has 0 aliphatic carbocycles. The van der Waals surface area contributed by atoms with Gasteiger partial charge in [-0.05, 0) is 13.0 Å². The Balaban J connectivity index is 2.32. The molecule has 2 aromatic rings. The third kappa shape index (κ3) is 2.01. The van der Waals surface area contributed by atoms with Crippen LogP contribution in [0.2, 0.25) is 0 Å². The van der Waals surface area contributed by atoms with E-state index in [0.29, 0.717) is 5.69 Å². The summed E-state index contributed by atoms with van der Waals surface area (Å²) in [4.78, 5) is 7.63. The average Bonchev–Trinajstić information content (AvgIpc) is 2.66. The second-order valence-electron chi connectivity index (χ2n) is 3.04. The van der Waals surface area contributed by atoms with Crippen LogP contribution in [-0.2, 0) is 10.0 Å².